The van der Waals surface area contributed by atoms with Gasteiger partial charge in [-0.1, -0.05) is 12.1 Å². The van der Waals surface area contributed by atoms with Gasteiger partial charge in [0.2, 0.25) is 0 Å². The van der Waals surface area contributed by atoms with Crippen LogP contribution >= 0.6 is 0 Å². The normalized spacial score (nSPS) is 10.6. The summed E-state index contributed by atoms with van der Waals surface area (Å²) in [4.78, 5) is 29.4. The highest BCUT2D eigenvalue weighted by Crippen LogP contribution is 2.19. The highest BCUT2D eigenvalue weighted by molar-refractivity contribution is 5.89. The number of carbonyl (C=O) groups excluding carboxylic acids is 1. The van der Waals surface area contributed by atoms with Crippen molar-refractivity contribution in [3.8, 4) is 11.4 Å². The Labute approximate surface area is 124 Å². The van der Waals surface area contributed by atoms with Crippen molar-refractivity contribution in [1.82, 2.24) is 24.7 Å². The molecule has 8 heteroatoms. The van der Waals surface area contributed by atoms with Gasteiger partial charge in [0.15, 0.2) is 5.82 Å². The molecular formula is C14H13N5O3. The molecule has 3 aromatic rings. The number of ether oxygens (including phenoxy) is 1. The second kappa shape index (κ2) is 5.68. The van der Waals surface area contributed by atoms with Crippen molar-refractivity contribution in [2.24, 2.45) is 0 Å². The van der Waals surface area contributed by atoms with E-state index in [-0.39, 0.29) is 11.7 Å². The van der Waals surface area contributed by atoms with Crippen LogP contribution in [-0.4, -0.2) is 37.8 Å². The predicted molar refractivity (Wildman–Crippen MR) is 77.3 cm³/mol. The molecule has 2 heterocycles. The molecule has 0 aliphatic carbocycles. The fraction of sp³-hybridized carbons (Fsp3) is 0.143. The number of methoxy groups -OCH3 is 1. The summed E-state index contributed by atoms with van der Waals surface area (Å²) in [7, 11) is 1.34. The second-order valence-electron chi connectivity index (χ2n) is 4.57. The van der Waals surface area contributed by atoms with Crippen LogP contribution in [0.25, 0.3) is 11.4 Å². The number of imidazole rings is 1. The van der Waals surface area contributed by atoms with Gasteiger partial charge in [0.05, 0.1) is 19.2 Å². The van der Waals surface area contributed by atoms with Crippen molar-refractivity contribution in [1.29, 1.82) is 0 Å². The number of nitrogens with zero attached hydrogens (tertiary/aromatic N) is 3. The number of hydrogen-bond donors (Lipinski definition) is 2. The van der Waals surface area contributed by atoms with Crippen molar-refractivity contribution in [3.05, 3.63) is 58.5 Å². The average Bonchev–Trinajstić information content (AvgIpc) is 3.16. The molecule has 8 nitrogen and oxygen atoms in total. The minimum atomic E-state index is -0.385. The predicted octanol–water partition coefficient (Wildman–Crippen LogP) is 0.796. The minimum Gasteiger partial charge on any atom is -0.465 e. The van der Waals surface area contributed by atoms with Crippen LogP contribution in [0, 0.1) is 0 Å². The largest absolute Gasteiger partial charge is 0.465 e. The van der Waals surface area contributed by atoms with Crippen LogP contribution in [0.2, 0.25) is 0 Å². The van der Waals surface area contributed by atoms with E-state index >= 15 is 0 Å². The van der Waals surface area contributed by atoms with E-state index in [4.69, 9.17) is 0 Å². The number of esters is 1. The molecule has 0 spiro atoms. The maximum absolute atomic E-state index is 11.4. The molecule has 0 aliphatic rings. The molecule has 0 atom stereocenters. The lowest BCUT2D eigenvalue weighted by Crippen LogP contribution is -2.05. The Balaban J connectivity index is 1.88. The van der Waals surface area contributed by atoms with Crippen molar-refractivity contribution < 1.29 is 9.53 Å². The standard InChI is InChI=1S/C14H13N5O3/c1-22-13(20)10-4-2-9(3-5-10)12-15-6-7-19(12)8-11-16-14(21)18-17-11/h2-7H,8H2,1H3,(H2,16,17,18,21). The number of nitrogens with one attached hydrogen (secondary N) is 2. The van der Waals surface area contributed by atoms with E-state index in [0.29, 0.717) is 23.8 Å². The average molecular weight is 299 g/mol. The van der Waals surface area contributed by atoms with Gasteiger partial charge in [0.1, 0.15) is 5.82 Å². The van der Waals surface area contributed by atoms with Crippen LogP contribution in [0.15, 0.2) is 41.5 Å². The fourth-order valence-electron chi connectivity index (χ4n) is 2.11. The highest BCUT2D eigenvalue weighted by atomic mass is 16.5. The Morgan fingerprint density at radius 3 is 2.73 bits per heavy atom. The molecule has 0 saturated heterocycles. The summed E-state index contributed by atoms with van der Waals surface area (Å²) in [6.07, 6.45) is 3.45. The molecule has 0 bridgehead atoms. The molecule has 112 valence electrons. The summed E-state index contributed by atoms with van der Waals surface area (Å²) >= 11 is 0. The van der Waals surface area contributed by atoms with E-state index < -0.39 is 0 Å². The van der Waals surface area contributed by atoms with E-state index in [9.17, 15) is 9.59 Å². The summed E-state index contributed by atoms with van der Waals surface area (Å²) in [5.74, 6) is 0.833. The first-order chi connectivity index (χ1) is 10.7. The minimum absolute atomic E-state index is 0.348. The molecule has 1 aromatic carbocycles. The van der Waals surface area contributed by atoms with Gasteiger partial charge in [0.25, 0.3) is 0 Å². The third-order valence-corrected chi connectivity index (χ3v) is 3.15. The molecular weight excluding hydrogens is 286 g/mol. The van der Waals surface area contributed by atoms with Crippen LogP contribution in [0.4, 0.5) is 0 Å². The first kappa shape index (κ1) is 13.8. The van der Waals surface area contributed by atoms with Crippen LogP contribution in [0.1, 0.15) is 16.2 Å². The summed E-state index contributed by atoms with van der Waals surface area (Å²) in [5.41, 5.74) is 0.968. The lowest BCUT2D eigenvalue weighted by Gasteiger charge is -2.06. The van der Waals surface area contributed by atoms with Gasteiger partial charge >= 0.3 is 11.7 Å². The van der Waals surface area contributed by atoms with Crippen LogP contribution in [0.5, 0.6) is 0 Å². The van der Waals surface area contributed by atoms with E-state index in [1.54, 1.807) is 36.7 Å². The summed E-state index contributed by atoms with van der Waals surface area (Å²) in [6.45, 7) is 0.382. The number of benzene rings is 1. The van der Waals surface area contributed by atoms with Gasteiger partial charge in [-0.15, -0.1) is 0 Å². The lowest BCUT2D eigenvalue weighted by molar-refractivity contribution is 0.0601. The topological polar surface area (TPSA) is 106 Å². The lowest BCUT2D eigenvalue weighted by atomic mass is 10.1. The van der Waals surface area contributed by atoms with Crippen LogP contribution in [0.3, 0.4) is 0 Å². The SMILES string of the molecule is COC(=O)c1ccc(-c2nccn2Cc2n[nH]c(=O)[nH]2)cc1. The van der Waals surface area contributed by atoms with E-state index in [1.165, 1.54) is 7.11 Å². The summed E-state index contributed by atoms with van der Waals surface area (Å²) in [5, 5.41) is 6.19. The first-order valence-electron chi connectivity index (χ1n) is 6.51. The zero-order valence-electron chi connectivity index (χ0n) is 11.7. The Morgan fingerprint density at radius 2 is 2.09 bits per heavy atom. The maximum Gasteiger partial charge on any atom is 0.340 e. The van der Waals surface area contributed by atoms with Crippen LogP contribution in [-0.2, 0) is 11.3 Å². The zero-order chi connectivity index (χ0) is 15.5. The van der Waals surface area contributed by atoms with Gasteiger partial charge in [-0.25, -0.2) is 19.7 Å². The highest BCUT2D eigenvalue weighted by Gasteiger charge is 2.10. The van der Waals surface area contributed by atoms with Gasteiger partial charge in [0, 0.05) is 18.0 Å². The molecule has 0 amide bonds. The molecule has 0 radical (unpaired) electrons. The molecule has 2 N–H and O–H groups in total. The molecule has 0 aliphatic heterocycles. The van der Waals surface area contributed by atoms with Gasteiger partial charge < -0.3 is 9.30 Å². The number of hydrogen-bond acceptors (Lipinski definition) is 5. The third-order valence-electron chi connectivity index (χ3n) is 3.15. The van der Waals surface area contributed by atoms with E-state index in [0.717, 1.165) is 5.56 Å². The van der Waals surface area contributed by atoms with Gasteiger partial charge in [-0.05, 0) is 12.1 Å². The Morgan fingerprint density at radius 1 is 1.32 bits per heavy atom. The van der Waals surface area contributed by atoms with E-state index in [1.807, 2.05) is 4.57 Å². The second-order valence-corrected chi connectivity index (χ2v) is 4.57. The third kappa shape index (κ3) is 2.66. The molecule has 0 fully saturated rings. The quantitative estimate of drug-likeness (QED) is 0.693. The molecule has 3 rings (SSSR count). The van der Waals surface area contributed by atoms with Crippen molar-refractivity contribution in [2.45, 2.75) is 6.54 Å². The van der Waals surface area contributed by atoms with E-state index in [2.05, 4.69) is 24.9 Å². The monoisotopic (exact) mass is 299 g/mol. The number of carbonyl (C=O) groups is 1. The molecule has 2 aromatic heterocycles. The number of aromatic amines is 2. The molecule has 0 unspecified atom stereocenters. The molecule has 22 heavy (non-hydrogen) atoms. The maximum atomic E-state index is 11.4. The summed E-state index contributed by atoms with van der Waals surface area (Å²) < 4.78 is 6.51. The summed E-state index contributed by atoms with van der Waals surface area (Å²) in [6, 6.07) is 6.93. The van der Waals surface area contributed by atoms with Crippen molar-refractivity contribution in [2.75, 3.05) is 7.11 Å². The van der Waals surface area contributed by atoms with Crippen molar-refractivity contribution >= 4 is 5.97 Å². The number of H-pyrrole nitrogens is 2. The van der Waals surface area contributed by atoms with Crippen molar-refractivity contribution in [3.63, 3.8) is 0 Å². The van der Waals surface area contributed by atoms with Gasteiger partial charge in [-0.2, -0.15) is 5.10 Å². The first-order valence-corrected chi connectivity index (χ1v) is 6.51. The zero-order valence-corrected chi connectivity index (χ0v) is 11.7. The smallest absolute Gasteiger partial charge is 0.340 e. The molecule has 0 saturated carbocycles. The number of rotatable bonds is 4. The fourth-order valence-corrected chi connectivity index (χ4v) is 2.11. The number of aromatic nitrogens is 5. The Hall–Kier alpha value is -3.16. The Kier molecular flexibility index (Phi) is 3.57. The van der Waals surface area contributed by atoms with Crippen LogP contribution < -0.4 is 5.69 Å². The van der Waals surface area contributed by atoms with Gasteiger partial charge in [-0.3, -0.25) is 4.98 Å². The Bertz CT molecular complexity index is 844.